The van der Waals surface area contributed by atoms with E-state index in [9.17, 15) is 0 Å². The van der Waals surface area contributed by atoms with E-state index in [0.29, 0.717) is 0 Å². The maximum Gasteiger partial charge on any atom is 0.00152 e. The summed E-state index contributed by atoms with van der Waals surface area (Å²) in [7, 11) is 2.13. The molecule has 0 aliphatic carbocycles. The average molecular weight is 127 g/mol. The summed E-state index contributed by atoms with van der Waals surface area (Å²) in [4.78, 5) is 2.29. The molecule has 0 heterocycles. The zero-order chi connectivity index (χ0) is 7.28. The second-order valence-electron chi connectivity index (χ2n) is 2.60. The number of hydrogen-bond acceptors (Lipinski definition) is 1. The van der Waals surface area contributed by atoms with Crippen molar-refractivity contribution in [3.05, 3.63) is 12.2 Å². The van der Waals surface area contributed by atoms with E-state index in [1.807, 2.05) is 0 Å². The highest BCUT2D eigenvalue weighted by atomic mass is 15.1. The molecule has 0 aliphatic heterocycles. The van der Waals surface area contributed by atoms with Gasteiger partial charge in [0.1, 0.15) is 0 Å². The molecular weight excluding hydrogens is 110 g/mol. The second kappa shape index (κ2) is 4.57. The Morgan fingerprint density at radius 2 is 2.11 bits per heavy atom. The summed E-state index contributed by atoms with van der Waals surface area (Å²) in [5.41, 5.74) is 1.27. The van der Waals surface area contributed by atoms with Gasteiger partial charge in [-0.2, -0.15) is 0 Å². The van der Waals surface area contributed by atoms with Crippen molar-refractivity contribution in [1.82, 2.24) is 4.90 Å². The molecule has 0 aliphatic rings. The molecule has 0 spiro atoms. The Kier molecular flexibility index (Phi) is 4.41. The average Bonchev–Trinajstić information content (AvgIpc) is 1.83. The lowest BCUT2D eigenvalue weighted by atomic mass is 10.2. The molecule has 1 nitrogen and oxygen atoms in total. The predicted octanol–water partition coefficient (Wildman–Crippen LogP) is 1.90. The number of hydrogen-bond donors (Lipinski definition) is 0. The van der Waals surface area contributed by atoms with E-state index in [1.54, 1.807) is 0 Å². The van der Waals surface area contributed by atoms with Crippen LogP contribution in [-0.4, -0.2) is 25.0 Å². The van der Waals surface area contributed by atoms with Crippen molar-refractivity contribution in [2.24, 2.45) is 0 Å². The fraction of sp³-hybridized carbons (Fsp3) is 0.750. The SMILES string of the molecule is C=C(C)CCN(C)CC. The van der Waals surface area contributed by atoms with Crippen molar-refractivity contribution in [3.8, 4) is 0 Å². The van der Waals surface area contributed by atoms with Gasteiger partial charge in [0.05, 0.1) is 0 Å². The minimum absolute atomic E-state index is 1.13. The van der Waals surface area contributed by atoms with Crippen molar-refractivity contribution < 1.29 is 0 Å². The molecule has 0 aromatic carbocycles. The van der Waals surface area contributed by atoms with Gasteiger partial charge in [-0.1, -0.05) is 12.5 Å². The van der Waals surface area contributed by atoms with Crippen LogP contribution < -0.4 is 0 Å². The summed E-state index contributed by atoms with van der Waals surface area (Å²) in [6.07, 6.45) is 1.13. The van der Waals surface area contributed by atoms with Gasteiger partial charge in [-0.15, -0.1) is 6.58 Å². The van der Waals surface area contributed by atoms with Gasteiger partial charge in [-0.05, 0) is 26.9 Å². The smallest absolute Gasteiger partial charge is 0.00152 e. The van der Waals surface area contributed by atoms with E-state index in [1.165, 1.54) is 5.57 Å². The summed E-state index contributed by atoms with van der Waals surface area (Å²) in [6.45, 7) is 10.3. The fourth-order valence-corrected chi connectivity index (χ4v) is 0.540. The highest BCUT2D eigenvalue weighted by molar-refractivity contribution is 4.88. The molecule has 0 unspecified atom stereocenters. The first-order chi connectivity index (χ1) is 4.16. The van der Waals surface area contributed by atoms with E-state index in [0.717, 1.165) is 19.5 Å². The van der Waals surface area contributed by atoms with Crippen molar-refractivity contribution >= 4 is 0 Å². The van der Waals surface area contributed by atoms with Crippen LogP contribution in [0.2, 0.25) is 0 Å². The minimum atomic E-state index is 1.13. The molecule has 0 amide bonds. The van der Waals surface area contributed by atoms with Crippen LogP contribution in [0.3, 0.4) is 0 Å². The topological polar surface area (TPSA) is 3.24 Å². The summed E-state index contributed by atoms with van der Waals surface area (Å²) < 4.78 is 0. The van der Waals surface area contributed by atoms with Gasteiger partial charge in [-0.25, -0.2) is 0 Å². The van der Waals surface area contributed by atoms with E-state index in [2.05, 4.69) is 32.4 Å². The normalized spacial score (nSPS) is 10.2. The van der Waals surface area contributed by atoms with Gasteiger partial charge in [0.15, 0.2) is 0 Å². The van der Waals surface area contributed by atoms with E-state index in [-0.39, 0.29) is 0 Å². The van der Waals surface area contributed by atoms with Gasteiger partial charge in [-0.3, -0.25) is 0 Å². The molecule has 0 rings (SSSR count). The van der Waals surface area contributed by atoms with E-state index in [4.69, 9.17) is 0 Å². The van der Waals surface area contributed by atoms with Crippen LogP contribution >= 0.6 is 0 Å². The maximum absolute atomic E-state index is 3.83. The highest BCUT2D eigenvalue weighted by Gasteiger charge is 1.92. The lowest BCUT2D eigenvalue weighted by molar-refractivity contribution is 0.357. The van der Waals surface area contributed by atoms with Gasteiger partial charge in [0.25, 0.3) is 0 Å². The van der Waals surface area contributed by atoms with E-state index < -0.39 is 0 Å². The van der Waals surface area contributed by atoms with Crippen molar-refractivity contribution in [1.29, 1.82) is 0 Å². The number of rotatable bonds is 4. The van der Waals surface area contributed by atoms with Crippen molar-refractivity contribution in [2.45, 2.75) is 20.3 Å². The molecule has 54 valence electrons. The predicted molar refractivity (Wildman–Crippen MR) is 42.6 cm³/mol. The highest BCUT2D eigenvalue weighted by Crippen LogP contribution is 1.95. The maximum atomic E-state index is 3.83. The molecule has 0 saturated carbocycles. The summed E-state index contributed by atoms with van der Waals surface area (Å²) >= 11 is 0. The first kappa shape index (κ1) is 8.70. The fourth-order valence-electron chi connectivity index (χ4n) is 0.540. The molecule has 1 heteroatoms. The third kappa shape index (κ3) is 5.57. The molecule has 0 radical (unpaired) electrons. The van der Waals surface area contributed by atoms with Crippen molar-refractivity contribution in [3.63, 3.8) is 0 Å². The lowest BCUT2D eigenvalue weighted by Crippen LogP contribution is -2.18. The third-order valence-electron chi connectivity index (χ3n) is 1.46. The van der Waals surface area contributed by atoms with Crippen LogP contribution in [0.1, 0.15) is 20.3 Å². The third-order valence-corrected chi connectivity index (χ3v) is 1.46. The Balaban J connectivity index is 3.16. The molecule has 0 atom stereocenters. The number of nitrogens with zero attached hydrogens (tertiary/aromatic N) is 1. The summed E-state index contributed by atoms with van der Waals surface area (Å²) in [6, 6.07) is 0. The zero-order valence-corrected chi connectivity index (χ0v) is 6.78. The molecule has 0 fully saturated rings. The van der Waals surface area contributed by atoms with Gasteiger partial charge in [0, 0.05) is 6.54 Å². The summed E-state index contributed by atoms with van der Waals surface area (Å²) in [5, 5.41) is 0. The molecule has 0 saturated heterocycles. The van der Waals surface area contributed by atoms with Gasteiger partial charge < -0.3 is 4.90 Å². The van der Waals surface area contributed by atoms with Crippen LogP contribution in [-0.2, 0) is 0 Å². The van der Waals surface area contributed by atoms with Crippen molar-refractivity contribution in [2.75, 3.05) is 20.1 Å². The molecule has 0 N–H and O–H groups in total. The zero-order valence-electron chi connectivity index (χ0n) is 6.78. The standard InChI is InChI=1S/C8H17N/c1-5-9(4)7-6-8(2)3/h2,5-7H2,1,3-4H3. The largest absolute Gasteiger partial charge is 0.306 e. The second-order valence-corrected chi connectivity index (χ2v) is 2.60. The Morgan fingerprint density at radius 1 is 1.56 bits per heavy atom. The van der Waals surface area contributed by atoms with E-state index >= 15 is 0 Å². The molecule has 0 aromatic rings. The van der Waals surface area contributed by atoms with Crippen LogP contribution in [0, 0.1) is 0 Å². The summed E-state index contributed by atoms with van der Waals surface area (Å²) in [5.74, 6) is 0. The first-order valence-corrected chi connectivity index (χ1v) is 3.49. The van der Waals surface area contributed by atoms with Crippen LogP contribution in [0.25, 0.3) is 0 Å². The van der Waals surface area contributed by atoms with Crippen LogP contribution in [0.15, 0.2) is 12.2 Å². The van der Waals surface area contributed by atoms with Crippen LogP contribution in [0.5, 0.6) is 0 Å². The Bertz CT molecular complexity index is 86.6. The minimum Gasteiger partial charge on any atom is -0.306 e. The molecule has 9 heavy (non-hydrogen) atoms. The van der Waals surface area contributed by atoms with Crippen LogP contribution in [0.4, 0.5) is 0 Å². The molecule has 0 bridgehead atoms. The Labute approximate surface area is 58.4 Å². The van der Waals surface area contributed by atoms with Gasteiger partial charge >= 0.3 is 0 Å². The Morgan fingerprint density at radius 3 is 2.44 bits per heavy atom. The quantitative estimate of drug-likeness (QED) is 0.521. The Hall–Kier alpha value is -0.300. The first-order valence-electron chi connectivity index (χ1n) is 3.49. The lowest BCUT2D eigenvalue weighted by Gasteiger charge is -2.12. The monoisotopic (exact) mass is 127 g/mol. The van der Waals surface area contributed by atoms with Gasteiger partial charge in [0.2, 0.25) is 0 Å². The molecule has 0 aromatic heterocycles. The molecular formula is C8H17N.